The maximum absolute atomic E-state index is 12.6. The van der Waals surface area contributed by atoms with E-state index in [4.69, 9.17) is 14.2 Å². The largest absolute Gasteiger partial charge is 0.493 e. The van der Waals surface area contributed by atoms with E-state index in [1.807, 2.05) is 18.2 Å². The summed E-state index contributed by atoms with van der Waals surface area (Å²) in [6, 6.07) is 5.81. The number of nitrogens with zero attached hydrogens (tertiary/aromatic N) is 2. The van der Waals surface area contributed by atoms with E-state index in [2.05, 4.69) is 15.3 Å². The molecule has 2 aliphatic rings. The minimum Gasteiger partial charge on any atom is -0.493 e. The van der Waals surface area contributed by atoms with Crippen molar-refractivity contribution in [1.82, 2.24) is 9.97 Å². The fourth-order valence-corrected chi connectivity index (χ4v) is 3.88. The molecule has 2 heterocycles. The molecule has 0 radical (unpaired) electrons. The molecule has 1 fully saturated rings. The molecular weight excluding hydrogens is 358 g/mol. The Labute approximate surface area is 164 Å². The van der Waals surface area contributed by atoms with Gasteiger partial charge in [0.15, 0.2) is 17.3 Å². The van der Waals surface area contributed by atoms with Crippen LogP contribution in [0.5, 0.6) is 11.5 Å². The average Bonchev–Trinajstić information content (AvgIpc) is 3.25. The standard InChI is InChI=1S/C21H25N3O4/c1-26-19-6-5-13(10-20(19)27-2)14-8-17-16(18(25)9-14)12-23-21(24-17)22-11-15-4-3-7-28-15/h5-6,10,12,14-15H,3-4,7-9,11H2,1-2H3,(H,22,23,24)/t14-,15+/m1/s1. The first kappa shape index (κ1) is 18.7. The van der Waals surface area contributed by atoms with E-state index in [0.717, 1.165) is 30.7 Å². The van der Waals surface area contributed by atoms with Gasteiger partial charge in [0.05, 0.1) is 31.6 Å². The van der Waals surface area contributed by atoms with Gasteiger partial charge in [0.2, 0.25) is 5.95 Å². The van der Waals surface area contributed by atoms with Gasteiger partial charge in [-0.3, -0.25) is 4.79 Å². The lowest BCUT2D eigenvalue weighted by Crippen LogP contribution is -2.23. The highest BCUT2D eigenvalue weighted by atomic mass is 16.5. The summed E-state index contributed by atoms with van der Waals surface area (Å²) in [6.45, 7) is 1.50. The SMILES string of the molecule is COc1ccc([C@H]2CC(=O)c3cnc(NC[C@@H]4CCCO4)nc3C2)cc1OC. The molecule has 28 heavy (non-hydrogen) atoms. The first-order valence-corrected chi connectivity index (χ1v) is 9.64. The summed E-state index contributed by atoms with van der Waals surface area (Å²) in [7, 11) is 3.22. The van der Waals surface area contributed by atoms with Crippen molar-refractivity contribution >= 4 is 11.7 Å². The number of aromatic nitrogens is 2. The Kier molecular flexibility index (Phi) is 5.43. The maximum atomic E-state index is 12.6. The summed E-state index contributed by atoms with van der Waals surface area (Å²) < 4.78 is 16.3. The molecule has 1 aromatic heterocycles. The zero-order valence-electron chi connectivity index (χ0n) is 16.2. The lowest BCUT2D eigenvalue weighted by atomic mass is 9.82. The fourth-order valence-electron chi connectivity index (χ4n) is 3.88. The van der Waals surface area contributed by atoms with Crippen molar-refractivity contribution < 1.29 is 19.0 Å². The predicted octanol–water partition coefficient (Wildman–Crippen LogP) is 3.00. The fraction of sp³-hybridized carbons (Fsp3) is 0.476. The maximum Gasteiger partial charge on any atom is 0.222 e. The van der Waals surface area contributed by atoms with Crippen LogP contribution >= 0.6 is 0 Å². The minimum absolute atomic E-state index is 0.0562. The molecule has 1 saturated heterocycles. The van der Waals surface area contributed by atoms with Gasteiger partial charge in [0, 0.05) is 25.8 Å². The third-order valence-corrected chi connectivity index (χ3v) is 5.43. The Balaban J connectivity index is 1.53. The van der Waals surface area contributed by atoms with Crippen LogP contribution in [0, 0.1) is 0 Å². The Morgan fingerprint density at radius 2 is 2.07 bits per heavy atom. The van der Waals surface area contributed by atoms with E-state index in [9.17, 15) is 4.79 Å². The van der Waals surface area contributed by atoms with Crippen molar-refractivity contribution in [2.75, 3.05) is 32.7 Å². The molecule has 2 aromatic rings. The molecule has 1 aliphatic carbocycles. The van der Waals surface area contributed by atoms with Gasteiger partial charge in [-0.25, -0.2) is 9.97 Å². The number of ether oxygens (including phenoxy) is 3. The Bertz CT molecular complexity index is 865. The van der Waals surface area contributed by atoms with Gasteiger partial charge in [-0.1, -0.05) is 6.07 Å². The second-order valence-corrected chi connectivity index (χ2v) is 7.21. The normalized spacial score (nSPS) is 21.3. The van der Waals surface area contributed by atoms with Crippen LogP contribution in [-0.2, 0) is 11.2 Å². The highest BCUT2D eigenvalue weighted by Gasteiger charge is 2.29. The van der Waals surface area contributed by atoms with Crippen molar-refractivity contribution in [3.63, 3.8) is 0 Å². The Morgan fingerprint density at radius 3 is 2.82 bits per heavy atom. The molecule has 148 valence electrons. The van der Waals surface area contributed by atoms with E-state index in [0.29, 0.717) is 42.4 Å². The van der Waals surface area contributed by atoms with Gasteiger partial charge >= 0.3 is 0 Å². The third kappa shape index (κ3) is 3.80. The molecule has 0 spiro atoms. The summed E-state index contributed by atoms with van der Waals surface area (Å²) in [6.07, 6.45) is 5.13. The Hall–Kier alpha value is -2.67. The van der Waals surface area contributed by atoms with Crippen LogP contribution in [0.3, 0.4) is 0 Å². The molecule has 7 nitrogen and oxygen atoms in total. The van der Waals surface area contributed by atoms with Crippen LogP contribution in [0.4, 0.5) is 5.95 Å². The predicted molar refractivity (Wildman–Crippen MR) is 104 cm³/mol. The number of hydrogen-bond donors (Lipinski definition) is 1. The molecule has 0 bridgehead atoms. The van der Waals surface area contributed by atoms with Crippen LogP contribution in [0.15, 0.2) is 24.4 Å². The molecule has 1 aromatic carbocycles. The van der Waals surface area contributed by atoms with E-state index >= 15 is 0 Å². The second kappa shape index (κ2) is 8.14. The van der Waals surface area contributed by atoms with Gasteiger partial charge in [-0.05, 0) is 42.9 Å². The summed E-state index contributed by atoms with van der Waals surface area (Å²) in [4.78, 5) is 21.6. The number of ketones is 1. The number of fused-ring (bicyclic) bond motifs is 1. The topological polar surface area (TPSA) is 82.6 Å². The van der Waals surface area contributed by atoms with Crippen molar-refractivity contribution in [3.8, 4) is 11.5 Å². The zero-order chi connectivity index (χ0) is 19.5. The number of carbonyl (C=O) groups is 1. The number of Topliss-reactive ketones (excluding diaryl/α,β-unsaturated/α-hetero) is 1. The second-order valence-electron chi connectivity index (χ2n) is 7.21. The molecule has 4 rings (SSSR count). The van der Waals surface area contributed by atoms with E-state index in [-0.39, 0.29) is 17.8 Å². The van der Waals surface area contributed by atoms with Crippen LogP contribution < -0.4 is 14.8 Å². The quantitative estimate of drug-likeness (QED) is 0.821. The van der Waals surface area contributed by atoms with E-state index < -0.39 is 0 Å². The third-order valence-electron chi connectivity index (χ3n) is 5.43. The first-order chi connectivity index (χ1) is 13.7. The van der Waals surface area contributed by atoms with Crippen molar-refractivity contribution in [1.29, 1.82) is 0 Å². The van der Waals surface area contributed by atoms with Crippen LogP contribution in [0.1, 0.15) is 46.8 Å². The average molecular weight is 383 g/mol. The first-order valence-electron chi connectivity index (χ1n) is 9.64. The molecular formula is C21H25N3O4. The van der Waals surface area contributed by atoms with E-state index in [1.165, 1.54) is 0 Å². The van der Waals surface area contributed by atoms with Gasteiger partial charge in [-0.2, -0.15) is 0 Å². The van der Waals surface area contributed by atoms with Crippen molar-refractivity contribution in [2.24, 2.45) is 0 Å². The number of carbonyl (C=O) groups excluding carboxylic acids is 1. The number of benzene rings is 1. The molecule has 1 N–H and O–H groups in total. The van der Waals surface area contributed by atoms with Gasteiger partial charge < -0.3 is 19.5 Å². The summed E-state index contributed by atoms with van der Waals surface area (Å²) in [5.41, 5.74) is 2.46. The molecule has 0 saturated carbocycles. The molecule has 1 aliphatic heterocycles. The van der Waals surface area contributed by atoms with Crippen molar-refractivity contribution in [3.05, 3.63) is 41.2 Å². The Morgan fingerprint density at radius 1 is 1.21 bits per heavy atom. The van der Waals surface area contributed by atoms with E-state index in [1.54, 1.807) is 20.4 Å². The van der Waals surface area contributed by atoms with Gasteiger partial charge in [0.1, 0.15) is 0 Å². The molecule has 0 unspecified atom stereocenters. The van der Waals surface area contributed by atoms with Crippen LogP contribution in [0.2, 0.25) is 0 Å². The summed E-state index contributed by atoms with van der Waals surface area (Å²) in [5.74, 6) is 2.03. The lowest BCUT2D eigenvalue weighted by molar-refractivity contribution is 0.0962. The van der Waals surface area contributed by atoms with Crippen LogP contribution in [0.25, 0.3) is 0 Å². The summed E-state index contributed by atoms with van der Waals surface area (Å²) >= 11 is 0. The monoisotopic (exact) mass is 383 g/mol. The smallest absolute Gasteiger partial charge is 0.222 e. The lowest BCUT2D eigenvalue weighted by Gasteiger charge is -2.24. The van der Waals surface area contributed by atoms with Gasteiger partial charge in [-0.15, -0.1) is 0 Å². The minimum atomic E-state index is 0.0562. The summed E-state index contributed by atoms with van der Waals surface area (Å²) in [5, 5.41) is 3.24. The van der Waals surface area contributed by atoms with Crippen molar-refractivity contribution in [2.45, 2.75) is 37.7 Å². The number of rotatable bonds is 6. The number of methoxy groups -OCH3 is 2. The highest BCUT2D eigenvalue weighted by Crippen LogP contribution is 2.36. The highest BCUT2D eigenvalue weighted by molar-refractivity contribution is 5.98. The molecule has 0 amide bonds. The van der Waals surface area contributed by atoms with Gasteiger partial charge in [0.25, 0.3) is 0 Å². The van der Waals surface area contributed by atoms with Crippen LogP contribution in [-0.4, -0.2) is 49.2 Å². The molecule has 2 atom stereocenters. The molecule has 7 heteroatoms. The number of nitrogens with one attached hydrogen (secondary N) is 1. The number of hydrogen-bond acceptors (Lipinski definition) is 7. The zero-order valence-corrected chi connectivity index (χ0v) is 16.2. The number of anilines is 1.